The standard InChI is InChI=1S/C8H12N4O2/c1-2-6-9-10-11-12(6)5-8(3-4-8)7(13)14/h2-5H2,1H3,(H,13,14). The number of carboxylic acids is 1. The van der Waals surface area contributed by atoms with E-state index in [0.29, 0.717) is 6.54 Å². The first-order valence-corrected chi connectivity index (χ1v) is 4.66. The van der Waals surface area contributed by atoms with Crippen LogP contribution >= 0.6 is 0 Å². The Morgan fingerprint density at radius 2 is 2.36 bits per heavy atom. The van der Waals surface area contributed by atoms with Crippen molar-refractivity contribution in [2.75, 3.05) is 0 Å². The van der Waals surface area contributed by atoms with Crippen LogP contribution in [0.5, 0.6) is 0 Å². The molecular formula is C8H12N4O2. The lowest BCUT2D eigenvalue weighted by atomic mass is 10.1. The lowest BCUT2D eigenvalue weighted by molar-refractivity contribution is -0.144. The van der Waals surface area contributed by atoms with Gasteiger partial charge in [-0.3, -0.25) is 4.79 Å². The summed E-state index contributed by atoms with van der Waals surface area (Å²) in [6, 6.07) is 0. The molecule has 1 aromatic rings. The molecule has 0 spiro atoms. The number of hydrogen-bond donors (Lipinski definition) is 1. The van der Waals surface area contributed by atoms with E-state index in [9.17, 15) is 4.79 Å². The summed E-state index contributed by atoms with van der Waals surface area (Å²) in [6.07, 6.45) is 2.18. The summed E-state index contributed by atoms with van der Waals surface area (Å²) in [5.74, 6) is 0.00702. The number of aromatic nitrogens is 4. The molecule has 14 heavy (non-hydrogen) atoms. The zero-order valence-electron chi connectivity index (χ0n) is 7.97. The van der Waals surface area contributed by atoms with E-state index >= 15 is 0 Å². The molecule has 2 rings (SSSR count). The topological polar surface area (TPSA) is 80.9 Å². The van der Waals surface area contributed by atoms with Gasteiger partial charge in [0.1, 0.15) is 0 Å². The maximum atomic E-state index is 10.9. The van der Waals surface area contributed by atoms with Crippen LogP contribution in [0, 0.1) is 5.41 Å². The molecule has 1 aliphatic carbocycles. The summed E-state index contributed by atoms with van der Waals surface area (Å²) in [6.45, 7) is 2.35. The summed E-state index contributed by atoms with van der Waals surface area (Å²) < 4.78 is 1.60. The van der Waals surface area contributed by atoms with E-state index in [-0.39, 0.29) is 0 Å². The van der Waals surface area contributed by atoms with Gasteiger partial charge in [0.05, 0.1) is 12.0 Å². The van der Waals surface area contributed by atoms with Crippen molar-refractivity contribution in [3.8, 4) is 0 Å². The summed E-state index contributed by atoms with van der Waals surface area (Å²) in [4.78, 5) is 10.9. The van der Waals surface area contributed by atoms with Crippen LogP contribution < -0.4 is 0 Å². The minimum absolute atomic E-state index is 0.401. The van der Waals surface area contributed by atoms with Crippen molar-refractivity contribution in [1.29, 1.82) is 0 Å². The third-order valence-electron chi connectivity index (χ3n) is 2.68. The van der Waals surface area contributed by atoms with Gasteiger partial charge in [0.15, 0.2) is 5.82 Å². The summed E-state index contributed by atoms with van der Waals surface area (Å²) in [5, 5.41) is 20.1. The predicted molar refractivity (Wildman–Crippen MR) is 46.5 cm³/mol. The highest BCUT2D eigenvalue weighted by atomic mass is 16.4. The van der Waals surface area contributed by atoms with Crippen LogP contribution in [0.2, 0.25) is 0 Å². The zero-order chi connectivity index (χ0) is 10.2. The number of aryl methyl sites for hydroxylation is 1. The predicted octanol–water partition coefficient (Wildman–Crippen LogP) is 0.100. The van der Waals surface area contributed by atoms with Crippen LogP contribution in [0.15, 0.2) is 0 Å². The van der Waals surface area contributed by atoms with Gasteiger partial charge in [-0.15, -0.1) is 5.10 Å². The number of hydrogen-bond acceptors (Lipinski definition) is 4. The maximum absolute atomic E-state index is 10.9. The first kappa shape index (κ1) is 9.11. The van der Waals surface area contributed by atoms with Gasteiger partial charge in [-0.1, -0.05) is 6.92 Å². The Morgan fingerprint density at radius 3 is 2.86 bits per heavy atom. The maximum Gasteiger partial charge on any atom is 0.311 e. The molecule has 1 N–H and O–H groups in total. The van der Waals surface area contributed by atoms with E-state index in [1.807, 2.05) is 6.92 Å². The molecule has 6 nitrogen and oxygen atoms in total. The molecule has 0 saturated heterocycles. The van der Waals surface area contributed by atoms with Gasteiger partial charge in [-0.05, 0) is 23.3 Å². The Morgan fingerprint density at radius 1 is 1.64 bits per heavy atom. The SMILES string of the molecule is CCc1nnnn1CC1(C(=O)O)CC1. The fourth-order valence-corrected chi connectivity index (χ4v) is 1.48. The third kappa shape index (κ3) is 1.36. The molecule has 1 fully saturated rings. The first-order valence-electron chi connectivity index (χ1n) is 4.66. The molecule has 76 valence electrons. The molecule has 1 heterocycles. The summed E-state index contributed by atoms with van der Waals surface area (Å²) >= 11 is 0. The van der Waals surface area contributed by atoms with Crippen molar-refractivity contribution in [1.82, 2.24) is 20.2 Å². The second-order valence-electron chi connectivity index (χ2n) is 3.69. The molecule has 0 unspecified atom stereocenters. The Balaban J connectivity index is 2.15. The molecule has 1 aromatic heterocycles. The van der Waals surface area contributed by atoms with Crippen LogP contribution in [0.25, 0.3) is 0 Å². The molecule has 0 amide bonds. The molecular weight excluding hydrogens is 184 g/mol. The van der Waals surface area contributed by atoms with Crippen LogP contribution in [0.3, 0.4) is 0 Å². The van der Waals surface area contributed by atoms with Crippen molar-refractivity contribution in [2.45, 2.75) is 32.7 Å². The number of rotatable bonds is 4. The third-order valence-corrected chi connectivity index (χ3v) is 2.68. The Labute approximate surface area is 80.9 Å². The molecule has 0 aliphatic heterocycles. The molecule has 1 saturated carbocycles. The van der Waals surface area contributed by atoms with Gasteiger partial charge in [-0.25, -0.2) is 4.68 Å². The van der Waals surface area contributed by atoms with E-state index in [4.69, 9.17) is 5.11 Å². The number of aliphatic carboxylic acids is 1. The minimum Gasteiger partial charge on any atom is -0.481 e. The average molecular weight is 196 g/mol. The second kappa shape index (κ2) is 3.04. The number of carboxylic acid groups (broad SMARTS) is 1. The van der Waals surface area contributed by atoms with Gasteiger partial charge >= 0.3 is 5.97 Å². The normalized spacial score (nSPS) is 18.1. The van der Waals surface area contributed by atoms with Crippen molar-refractivity contribution >= 4 is 5.97 Å². The van der Waals surface area contributed by atoms with E-state index in [0.717, 1.165) is 25.1 Å². The quantitative estimate of drug-likeness (QED) is 0.738. The van der Waals surface area contributed by atoms with E-state index in [1.165, 1.54) is 0 Å². The smallest absolute Gasteiger partial charge is 0.311 e. The van der Waals surface area contributed by atoms with E-state index in [2.05, 4.69) is 15.5 Å². The van der Waals surface area contributed by atoms with Crippen LogP contribution in [0.1, 0.15) is 25.6 Å². The molecule has 0 aromatic carbocycles. The van der Waals surface area contributed by atoms with Crippen LogP contribution in [-0.4, -0.2) is 31.3 Å². The van der Waals surface area contributed by atoms with Crippen LogP contribution in [-0.2, 0) is 17.8 Å². The first-order chi connectivity index (χ1) is 6.68. The fraction of sp³-hybridized carbons (Fsp3) is 0.750. The number of nitrogens with zero attached hydrogens (tertiary/aromatic N) is 4. The van der Waals surface area contributed by atoms with Gasteiger partial charge < -0.3 is 5.11 Å². The average Bonchev–Trinajstić information content (AvgIpc) is 2.79. The van der Waals surface area contributed by atoms with E-state index in [1.54, 1.807) is 4.68 Å². The number of tetrazole rings is 1. The monoisotopic (exact) mass is 196 g/mol. The van der Waals surface area contributed by atoms with Crippen molar-refractivity contribution in [2.24, 2.45) is 5.41 Å². The van der Waals surface area contributed by atoms with Gasteiger partial charge in [-0.2, -0.15) is 0 Å². The van der Waals surface area contributed by atoms with Gasteiger partial charge in [0.2, 0.25) is 0 Å². The molecule has 6 heteroatoms. The summed E-state index contributed by atoms with van der Waals surface area (Å²) in [7, 11) is 0. The Hall–Kier alpha value is -1.46. The van der Waals surface area contributed by atoms with E-state index < -0.39 is 11.4 Å². The Kier molecular flexibility index (Phi) is 1.98. The minimum atomic E-state index is -0.741. The van der Waals surface area contributed by atoms with Gasteiger partial charge in [0.25, 0.3) is 0 Å². The summed E-state index contributed by atoms with van der Waals surface area (Å²) in [5.41, 5.74) is -0.598. The van der Waals surface area contributed by atoms with Gasteiger partial charge in [0, 0.05) is 6.42 Å². The van der Waals surface area contributed by atoms with Crippen LogP contribution in [0.4, 0.5) is 0 Å². The largest absolute Gasteiger partial charge is 0.481 e. The highest BCUT2D eigenvalue weighted by Gasteiger charge is 2.51. The zero-order valence-corrected chi connectivity index (χ0v) is 7.97. The molecule has 1 aliphatic rings. The molecule has 0 radical (unpaired) electrons. The fourth-order valence-electron chi connectivity index (χ4n) is 1.48. The highest BCUT2D eigenvalue weighted by Crippen LogP contribution is 2.47. The van der Waals surface area contributed by atoms with Crippen molar-refractivity contribution < 1.29 is 9.90 Å². The lowest BCUT2D eigenvalue weighted by Crippen LogP contribution is -2.23. The lowest BCUT2D eigenvalue weighted by Gasteiger charge is -2.09. The van der Waals surface area contributed by atoms with Crippen molar-refractivity contribution in [3.63, 3.8) is 0 Å². The number of carbonyl (C=O) groups is 1. The van der Waals surface area contributed by atoms with Crippen molar-refractivity contribution in [3.05, 3.63) is 5.82 Å². The molecule has 0 bridgehead atoms. The second-order valence-corrected chi connectivity index (χ2v) is 3.69. The highest BCUT2D eigenvalue weighted by molar-refractivity contribution is 5.77. The Bertz CT molecular complexity index is 356. The molecule has 0 atom stereocenters.